The highest BCUT2D eigenvalue weighted by molar-refractivity contribution is 5.96. The summed E-state index contributed by atoms with van der Waals surface area (Å²) in [6.07, 6.45) is 0. The largest absolute Gasteiger partial charge is 0.465 e. The second-order valence-electron chi connectivity index (χ2n) is 4.05. The van der Waals surface area contributed by atoms with E-state index in [0.717, 1.165) is 5.69 Å². The lowest BCUT2D eigenvalue weighted by Crippen LogP contribution is -2.33. The molecule has 18 heavy (non-hydrogen) atoms. The Morgan fingerprint density at radius 3 is 2.56 bits per heavy atom. The molecule has 0 aliphatic rings. The Morgan fingerprint density at radius 2 is 2.00 bits per heavy atom. The number of hydrogen-bond donors (Lipinski definition) is 0. The fourth-order valence-corrected chi connectivity index (χ4v) is 1.59. The first-order chi connectivity index (χ1) is 8.45. The quantitative estimate of drug-likeness (QED) is 0.756. The van der Waals surface area contributed by atoms with Crippen molar-refractivity contribution in [1.82, 2.24) is 9.88 Å². The van der Waals surface area contributed by atoms with Gasteiger partial charge >= 0.3 is 5.97 Å². The van der Waals surface area contributed by atoms with Crippen LogP contribution in [0.5, 0.6) is 0 Å². The predicted octanol–water partition coefficient (Wildman–Crippen LogP) is 1.33. The van der Waals surface area contributed by atoms with E-state index in [1.807, 2.05) is 6.92 Å². The lowest BCUT2D eigenvalue weighted by atomic mass is 10.1. The summed E-state index contributed by atoms with van der Waals surface area (Å²) in [5, 5.41) is 0. The third-order valence-corrected chi connectivity index (χ3v) is 2.47. The third kappa shape index (κ3) is 3.55. The highest BCUT2D eigenvalue weighted by atomic mass is 16.5. The van der Waals surface area contributed by atoms with Crippen LogP contribution in [0.3, 0.4) is 0 Å². The summed E-state index contributed by atoms with van der Waals surface area (Å²) < 4.78 is 4.80. The van der Waals surface area contributed by atoms with Crippen molar-refractivity contribution in [1.29, 1.82) is 0 Å². The van der Waals surface area contributed by atoms with Crippen LogP contribution in [0.1, 0.15) is 28.7 Å². The molecule has 0 unspecified atom stereocenters. The number of aromatic nitrogens is 1. The van der Waals surface area contributed by atoms with Crippen LogP contribution in [-0.2, 0) is 9.53 Å². The summed E-state index contributed by atoms with van der Waals surface area (Å²) in [6, 6.07) is 3.50. The van der Waals surface area contributed by atoms with Crippen molar-refractivity contribution in [2.24, 2.45) is 0 Å². The van der Waals surface area contributed by atoms with Gasteiger partial charge in [0.15, 0.2) is 0 Å². The van der Waals surface area contributed by atoms with E-state index in [0.29, 0.717) is 17.9 Å². The maximum atomic E-state index is 12.1. The van der Waals surface area contributed by atoms with Crippen LogP contribution in [0.15, 0.2) is 12.1 Å². The van der Waals surface area contributed by atoms with Gasteiger partial charge < -0.3 is 9.64 Å². The first-order valence-electron chi connectivity index (χ1n) is 5.81. The molecule has 98 valence electrons. The number of ether oxygens (including phenoxy) is 1. The van der Waals surface area contributed by atoms with Gasteiger partial charge in [0.2, 0.25) is 0 Å². The van der Waals surface area contributed by atoms with Gasteiger partial charge in [-0.05, 0) is 32.9 Å². The van der Waals surface area contributed by atoms with E-state index in [1.165, 1.54) is 4.90 Å². The maximum absolute atomic E-state index is 12.1. The van der Waals surface area contributed by atoms with Crippen LogP contribution < -0.4 is 0 Å². The van der Waals surface area contributed by atoms with Gasteiger partial charge in [-0.25, -0.2) is 0 Å². The average Bonchev–Trinajstić information content (AvgIpc) is 2.28. The number of hydrogen-bond acceptors (Lipinski definition) is 4. The molecule has 0 radical (unpaired) electrons. The standard InChI is InChI=1S/C13H18N2O3/c1-5-18-12(16)8-15(4)13(17)11-7-6-9(2)14-10(11)3/h6-7H,5,8H2,1-4H3. The van der Waals surface area contributed by atoms with Crippen molar-refractivity contribution < 1.29 is 14.3 Å². The van der Waals surface area contributed by atoms with E-state index in [1.54, 1.807) is 33.0 Å². The van der Waals surface area contributed by atoms with Crippen LogP contribution in [0.2, 0.25) is 0 Å². The molecule has 0 N–H and O–H groups in total. The van der Waals surface area contributed by atoms with E-state index in [-0.39, 0.29) is 12.5 Å². The van der Waals surface area contributed by atoms with Gasteiger partial charge in [0.1, 0.15) is 6.54 Å². The molecule has 1 aromatic heterocycles. The van der Waals surface area contributed by atoms with E-state index < -0.39 is 5.97 Å². The van der Waals surface area contributed by atoms with E-state index >= 15 is 0 Å². The molecule has 0 atom stereocenters. The van der Waals surface area contributed by atoms with Crippen molar-refractivity contribution in [3.63, 3.8) is 0 Å². The Labute approximate surface area is 107 Å². The Bertz CT molecular complexity index is 458. The minimum atomic E-state index is -0.411. The molecule has 0 aromatic carbocycles. The third-order valence-electron chi connectivity index (χ3n) is 2.47. The molecular formula is C13H18N2O3. The second-order valence-corrected chi connectivity index (χ2v) is 4.05. The topological polar surface area (TPSA) is 59.5 Å². The highest BCUT2D eigenvalue weighted by Gasteiger charge is 2.17. The molecule has 1 rings (SSSR count). The predicted molar refractivity (Wildman–Crippen MR) is 67.3 cm³/mol. The molecule has 5 heteroatoms. The number of nitrogens with zero attached hydrogens (tertiary/aromatic N) is 2. The van der Waals surface area contributed by atoms with Crippen LogP contribution in [-0.4, -0.2) is 42.0 Å². The Balaban J connectivity index is 2.77. The summed E-state index contributed by atoms with van der Waals surface area (Å²) >= 11 is 0. The first kappa shape index (κ1) is 14.2. The number of rotatable bonds is 4. The molecule has 0 spiro atoms. The summed E-state index contributed by atoms with van der Waals surface area (Å²) in [6.45, 7) is 5.63. The van der Waals surface area contributed by atoms with Crippen LogP contribution in [0.4, 0.5) is 0 Å². The van der Waals surface area contributed by atoms with Crippen molar-refractivity contribution in [3.05, 3.63) is 29.1 Å². The zero-order chi connectivity index (χ0) is 13.7. The van der Waals surface area contributed by atoms with Gasteiger partial charge in [-0.2, -0.15) is 0 Å². The molecule has 0 bridgehead atoms. The number of amides is 1. The van der Waals surface area contributed by atoms with Crippen LogP contribution >= 0.6 is 0 Å². The molecule has 0 saturated heterocycles. The number of carbonyl (C=O) groups is 2. The van der Waals surface area contributed by atoms with Gasteiger partial charge in [-0.1, -0.05) is 0 Å². The Hall–Kier alpha value is -1.91. The fourth-order valence-electron chi connectivity index (χ4n) is 1.59. The SMILES string of the molecule is CCOC(=O)CN(C)C(=O)c1ccc(C)nc1C. The summed E-state index contributed by atoms with van der Waals surface area (Å²) in [7, 11) is 1.57. The molecule has 1 heterocycles. The van der Waals surface area contributed by atoms with Crippen LogP contribution in [0.25, 0.3) is 0 Å². The lowest BCUT2D eigenvalue weighted by molar-refractivity contribution is -0.143. The van der Waals surface area contributed by atoms with Crippen molar-refractivity contribution in [2.75, 3.05) is 20.2 Å². The lowest BCUT2D eigenvalue weighted by Gasteiger charge is -2.17. The summed E-state index contributed by atoms with van der Waals surface area (Å²) in [5.74, 6) is -0.640. The average molecular weight is 250 g/mol. The molecule has 0 saturated carbocycles. The number of likely N-dealkylation sites (N-methyl/N-ethyl adjacent to an activating group) is 1. The first-order valence-corrected chi connectivity index (χ1v) is 5.81. The van der Waals surface area contributed by atoms with E-state index in [4.69, 9.17) is 4.74 Å². The van der Waals surface area contributed by atoms with E-state index in [9.17, 15) is 9.59 Å². The minimum absolute atomic E-state index is 0.0556. The smallest absolute Gasteiger partial charge is 0.325 e. The molecular weight excluding hydrogens is 232 g/mol. The Morgan fingerprint density at radius 1 is 1.33 bits per heavy atom. The van der Waals surface area contributed by atoms with Crippen LogP contribution in [0, 0.1) is 13.8 Å². The molecule has 0 aliphatic carbocycles. The zero-order valence-corrected chi connectivity index (χ0v) is 11.2. The van der Waals surface area contributed by atoms with Crippen molar-refractivity contribution in [3.8, 4) is 0 Å². The minimum Gasteiger partial charge on any atom is -0.465 e. The normalized spacial score (nSPS) is 10.0. The monoisotopic (exact) mass is 250 g/mol. The summed E-state index contributed by atoms with van der Waals surface area (Å²) in [4.78, 5) is 29.0. The van der Waals surface area contributed by atoms with E-state index in [2.05, 4.69) is 4.98 Å². The summed E-state index contributed by atoms with van der Waals surface area (Å²) in [5.41, 5.74) is 2.03. The zero-order valence-electron chi connectivity index (χ0n) is 11.2. The number of carbonyl (C=O) groups excluding carboxylic acids is 2. The fraction of sp³-hybridized carbons (Fsp3) is 0.462. The second kappa shape index (κ2) is 6.14. The number of esters is 1. The maximum Gasteiger partial charge on any atom is 0.325 e. The highest BCUT2D eigenvalue weighted by Crippen LogP contribution is 2.09. The number of pyridine rings is 1. The van der Waals surface area contributed by atoms with Crippen molar-refractivity contribution >= 4 is 11.9 Å². The van der Waals surface area contributed by atoms with Gasteiger partial charge in [0.05, 0.1) is 17.9 Å². The Kier molecular flexibility index (Phi) is 4.83. The molecule has 0 aliphatic heterocycles. The van der Waals surface area contributed by atoms with Gasteiger partial charge in [-0.15, -0.1) is 0 Å². The van der Waals surface area contributed by atoms with Gasteiger partial charge in [0.25, 0.3) is 5.91 Å². The van der Waals surface area contributed by atoms with Crippen molar-refractivity contribution in [2.45, 2.75) is 20.8 Å². The molecule has 1 amide bonds. The van der Waals surface area contributed by atoms with Gasteiger partial charge in [-0.3, -0.25) is 14.6 Å². The number of aryl methyl sites for hydroxylation is 2. The molecule has 5 nitrogen and oxygen atoms in total. The molecule has 0 fully saturated rings. The molecule has 1 aromatic rings. The van der Waals surface area contributed by atoms with Gasteiger partial charge in [0, 0.05) is 12.7 Å².